The Kier molecular flexibility index (Phi) is 7.60. The molecule has 0 radical (unpaired) electrons. The summed E-state index contributed by atoms with van der Waals surface area (Å²) in [5.74, 6) is -1.97. The fourth-order valence-corrected chi connectivity index (χ4v) is 3.98. The van der Waals surface area contributed by atoms with E-state index in [0.29, 0.717) is 12.1 Å². The number of hydrogen-bond acceptors (Lipinski definition) is 5. The van der Waals surface area contributed by atoms with Crippen LogP contribution in [0.5, 0.6) is 0 Å². The van der Waals surface area contributed by atoms with Gasteiger partial charge in [0.1, 0.15) is 11.6 Å². The van der Waals surface area contributed by atoms with Gasteiger partial charge in [0, 0.05) is 18.7 Å². The van der Waals surface area contributed by atoms with Gasteiger partial charge in [-0.15, -0.1) is 0 Å². The molecule has 2 fully saturated rings. The average Bonchev–Trinajstić information content (AvgIpc) is 3.34. The second kappa shape index (κ2) is 10.2. The van der Waals surface area contributed by atoms with E-state index in [9.17, 15) is 23.5 Å². The lowest BCUT2D eigenvalue weighted by Gasteiger charge is -2.29. The number of hydrogen-bond donors (Lipinski definition) is 3. The molecule has 2 amide bonds. The van der Waals surface area contributed by atoms with Gasteiger partial charge >= 0.3 is 6.09 Å². The monoisotopic (exact) mass is 425 g/mol. The van der Waals surface area contributed by atoms with E-state index in [4.69, 9.17) is 4.74 Å². The maximum atomic E-state index is 13.6. The molecule has 3 rings (SSSR count). The molecule has 0 aromatic heterocycles. The minimum Gasteiger partial charge on any atom is -0.434 e. The van der Waals surface area contributed by atoms with E-state index in [1.54, 1.807) is 0 Å². The molecule has 9 heteroatoms. The van der Waals surface area contributed by atoms with Gasteiger partial charge < -0.3 is 25.4 Å². The normalized spacial score (nSPS) is 23.3. The van der Waals surface area contributed by atoms with Crippen LogP contribution in [0.25, 0.3) is 0 Å². The van der Waals surface area contributed by atoms with Crippen LogP contribution in [0.2, 0.25) is 0 Å². The highest BCUT2D eigenvalue weighted by Gasteiger charge is 2.38. The van der Waals surface area contributed by atoms with Crippen LogP contribution in [0.3, 0.4) is 0 Å². The number of rotatable bonds is 9. The minimum absolute atomic E-state index is 0.0416. The molecule has 1 unspecified atom stereocenters. The van der Waals surface area contributed by atoms with E-state index in [0.717, 1.165) is 38.3 Å². The zero-order valence-electron chi connectivity index (χ0n) is 17.1. The van der Waals surface area contributed by atoms with Crippen molar-refractivity contribution in [1.29, 1.82) is 0 Å². The summed E-state index contributed by atoms with van der Waals surface area (Å²) in [6.07, 6.45) is 0.903. The number of carbonyl (C=O) groups is 2. The third-order valence-electron chi connectivity index (χ3n) is 5.59. The maximum absolute atomic E-state index is 13.6. The molecule has 1 aromatic carbocycles. The van der Waals surface area contributed by atoms with Crippen LogP contribution in [-0.2, 0) is 16.0 Å². The summed E-state index contributed by atoms with van der Waals surface area (Å²) in [5, 5.41) is 16.8. The Morgan fingerprint density at radius 3 is 2.73 bits per heavy atom. The quantitative estimate of drug-likeness (QED) is 0.561. The third-order valence-corrected chi connectivity index (χ3v) is 5.59. The number of nitrogens with zero attached hydrogens (tertiary/aromatic N) is 1. The van der Waals surface area contributed by atoms with Crippen LogP contribution in [0.15, 0.2) is 18.2 Å². The second-order valence-electron chi connectivity index (χ2n) is 7.96. The van der Waals surface area contributed by atoms with Crippen LogP contribution in [0.4, 0.5) is 13.6 Å². The zero-order chi connectivity index (χ0) is 21.7. The molecule has 166 valence electrons. The smallest absolute Gasteiger partial charge is 0.410 e. The predicted molar refractivity (Wildman–Crippen MR) is 106 cm³/mol. The van der Waals surface area contributed by atoms with Gasteiger partial charge in [0.05, 0.1) is 18.7 Å². The molecular weight excluding hydrogens is 396 g/mol. The van der Waals surface area contributed by atoms with Gasteiger partial charge in [-0.1, -0.05) is 13.3 Å². The first-order valence-electron chi connectivity index (χ1n) is 10.5. The van der Waals surface area contributed by atoms with Crippen molar-refractivity contribution in [1.82, 2.24) is 15.5 Å². The van der Waals surface area contributed by atoms with Gasteiger partial charge in [-0.05, 0) is 49.9 Å². The number of unbranched alkanes of at least 4 members (excludes halogenated alkanes) is 1. The number of nitrogens with one attached hydrogen (secondary N) is 2. The second-order valence-corrected chi connectivity index (χ2v) is 7.96. The molecule has 2 aliphatic rings. The third kappa shape index (κ3) is 5.66. The summed E-state index contributed by atoms with van der Waals surface area (Å²) >= 11 is 0. The molecule has 1 aromatic rings. The van der Waals surface area contributed by atoms with E-state index in [1.165, 1.54) is 17.0 Å². The summed E-state index contributed by atoms with van der Waals surface area (Å²) in [5.41, 5.74) is 0.322. The Balaban J connectivity index is 1.70. The molecule has 0 bridgehead atoms. The zero-order valence-corrected chi connectivity index (χ0v) is 17.1. The molecule has 3 N–H and O–H groups in total. The largest absolute Gasteiger partial charge is 0.434 e. The number of cyclic esters (lactones) is 1. The Morgan fingerprint density at radius 2 is 2.10 bits per heavy atom. The van der Waals surface area contributed by atoms with Gasteiger partial charge in [0.25, 0.3) is 5.91 Å². The van der Waals surface area contributed by atoms with Crippen LogP contribution in [0.1, 0.15) is 38.2 Å². The minimum atomic E-state index is -0.982. The molecule has 7 nitrogen and oxygen atoms in total. The van der Waals surface area contributed by atoms with Crippen LogP contribution in [-0.4, -0.2) is 65.9 Å². The van der Waals surface area contributed by atoms with E-state index < -0.39 is 41.9 Å². The number of benzene rings is 1. The number of carbonyl (C=O) groups excluding carboxylic acids is 2. The molecule has 30 heavy (non-hydrogen) atoms. The first-order valence-corrected chi connectivity index (χ1v) is 10.5. The lowest BCUT2D eigenvalue weighted by atomic mass is 9.95. The van der Waals surface area contributed by atoms with E-state index in [-0.39, 0.29) is 19.0 Å². The lowest BCUT2D eigenvalue weighted by molar-refractivity contribution is -0.129. The predicted octanol–water partition coefficient (Wildman–Crippen LogP) is 1.73. The van der Waals surface area contributed by atoms with Crippen molar-refractivity contribution >= 4 is 12.0 Å². The molecule has 2 heterocycles. The van der Waals surface area contributed by atoms with Crippen LogP contribution in [0, 0.1) is 11.6 Å². The molecule has 2 aliphatic heterocycles. The highest BCUT2D eigenvalue weighted by Crippen LogP contribution is 2.18. The fourth-order valence-electron chi connectivity index (χ4n) is 3.98. The summed E-state index contributed by atoms with van der Waals surface area (Å²) in [4.78, 5) is 26.2. The SMILES string of the molecule is CCCCN1CC(C(=O)N[C@@H](Cc2cc(F)cc(F)c2)[C@H](O)[C@H]2CCCN2)OC1=O. The Labute approximate surface area is 174 Å². The van der Waals surface area contributed by atoms with Gasteiger partial charge in [-0.25, -0.2) is 13.6 Å². The number of halogens is 2. The van der Waals surface area contributed by atoms with E-state index in [2.05, 4.69) is 10.6 Å². The standard InChI is InChI=1S/C21H29F2N3O4/c1-2-3-7-26-12-18(30-21(26)29)20(28)25-17(19(27)16-5-4-6-24-16)10-13-8-14(22)11-15(23)9-13/h8-9,11,16-19,24,27H,2-7,10,12H2,1H3,(H,25,28)/t16-,17+,18?,19-/m1/s1. The number of ether oxygens (including phenoxy) is 1. The first kappa shape index (κ1) is 22.4. The molecule has 4 atom stereocenters. The van der Waals surface area contributed by atoms with Crippen LogP contribution >= 0.6 is 0 Å². The molecule has 0 spiro atoms. The van der Waals surface area contributed by atoms with Gasteiger partial charge in [-0.3, -0.25) is 4.79 Å². The summed E-state index contributed by atoms with van der Waals surface area (Å²) in [6.45, 7) is 3.41. The Hall–Kier alpha value is -2.26. The maximum Gasteiger partial charge on any atom is 0.410 e. The van der Waals surface area contributed by atoms with Crippen molar-refractivity contribution in [3.63, 3.8) is 0 Å². The molecular formula is C21H29F2N3O4. The Morgan fingerprint density at radius 1 is 1.37 bits per heavy atom. The summed E-state index contributed by atoms with van der Waals surface area (Å²) in [7, 11) is 0. The fraction of sp³-hybridized carbons (Fsp3) is 0.619. The van der Waals surface area contributed by atoms with Crippen molar-refractivity contribution in [3.05, 3.63) is 35.4 Å². The highest BCUT2D eigenvalue weighted by molar-refractivity contribution is 5.86. The van der Waals surface area contributed by atoms with E-state index in [1.807, 2.05) is 6.92 Å². The number of aliphatic hydroxyl groups is 1. The topological polar surface area (TPSA) is 90.9 Å². The summed E-state index contributed by atoms with van der Waals surface area (Å²) < 4.78 is 32.4. The van der Waals surface area contributed by atoms with Crippen LogP contribution < -0.4 is 10.6 Å². The molecule has 0 saturated carbocycles. The van der Waals surface area contributed by atoms with Crippen molar-refractivity contribution in [2.24, 2.45) is 0 Å². The molecule has 0 aliphatic carbocycles. The van der Waals surface area contributed by atoms with Crippen molar-refractivity contribution < 1.29 is 28.2 Å². The Bertz CT molecular complexity index is 738. The first-order chi connectivity index (χ1) is 14.4. The highest BCUT2D eigenvalue weighted by atomic mass is 19.1. The van der Waals surface area contributed by atoms with Crippen molar-refractivity contribution in [3.8, 4) is 0 Å². The van der Waals surface area contributed by atoms with E-state index >= 15 is 0 Å². The van der Waals surface area contributed by atoms with Gasteiger partial charge in [0.2, 0.25) is 0 Å². The van der Waals surface area contributed by atoms with Gasteiger partial charge in [-0.2, -0.15) is 0 Å². The number of aliphatic hydroxyl groups excluding tert-OH is 1. The average molecular weight is 425 g/mol. The van der Waals surface area contributed by atoms with Crippen molar-refractivity contribution in [2.45, 2.75) is 63.3 Å². The lowest BCUT2D eigenvalue weighted by Crippen LogP contribution is -2.54. The molecule has 2 saturated heterocycles. The summed E-state index contributed by atoms with van der Waals surface area (Å²) in [6, 6.07) is 2.10. The van der Waals surface area contributed by atoms with Gasteiger partial charge in [0.15, 0.2) is 6.10 Å². The van der Waals surface area contributed by atoms with Crippen molar-refractivity contribution in [2.75, 3.05) is 19.6 Å². The number of amides is 2.